The van der Waals surface area contributed by atoms with E-state index in [1.807, 2.05) is 36.4 Å². The molecule has 20 heavy (non-hydrogen) atoms. The minimum Gasteiger partial charge on any atom is -0.396 e. The molecule has 0 amide bonds. The number of hydrogen-bond acceptors (Lipinski definition) is 1. The van der Waals surface area contributed by atoms with Crippen LogP contribution < -0.4 is 0 Å². The highest BCUT2D eigenvalue weighted by molar-refractivity contribution is 5.48. The van der Waals surface area contributed by atoms with Crippen molar-refractivity contribution < 1.29 is 5.11 Å². The molecule has 2 rings (SSSR count). The van der Waals surface area contributed by atoms with E-state index in [1.165, 1.54) is 11.1 Å². The van der Waals surface area contributed by atoms with Crippen LogP contribution >= 0.6 is 0 Å². The third-order valence-electron chi connectivity index (χ3n) is 3.71. The van der Waals surface area contributed by atoms with Crippen LogP contribution in [0.2, 0.25) is 0 Å². The first-order chi connectivity index (χ1) is 9.79. The Labute approximate surface area is 121 Å². The lowest BCUT2D eigenvalue weighted by Gasteiger charge is -2.19. The van der Waals surface area contributed by atoms with Gasteiger partial charge in [0.1, 0.15) is 0 Å². The van der Waals surface area contributed by atoms with Crippen LogP contribution in [0.5, 0.6) is 0 Å². The quantitative estimate of drug-likeness (QED) is 0.831. The highest BCUT2D eigenvalue weighted by Crippen LogP contribution is 2.19. The second-order valence-corrected chi connectivity index (χ2v) is 5.26. The number of hydrogen-bond donors (Lipinski definition) is 1. The Morgan fingerprint density at radius 3 is 2.15 bits per heavy atom. The average molecular weight is 266 g/mol. The zero-order chi connectivity index (χ0) is 14.2. The molecular weight excluding hydrogens is 244 g/mol. The fourth-order valence-corrected chi connectivity index (χ4v) is 2.32. The Kier molecular flexibility index (Phi) is 5.57. The number of benzene rings is 2. The largest absolute Gasteiger partial charge is 0.396 e. The van der Waals surface area contributed by atoms with E-state index in [-0.39, 0.29) is 12.5 Å². The molecule has 2 aromatic carbocycles. The van der Waals surface area contributed by atoms with Gasteiger partial charge in [-0.25, -0.2) is 0 Å². The van der Waals surface area contributed by atoms with Gasteiger partial charge in [-0.05, 0) is 29.4 Å². The van der Waals surface area contributed by atoms with E-state index in [2.05, 4.69) is 43.3 Å². The molecule has 0 heterocycles. The molecule has 0 aromatic heterocycles. The summed E-state index contributed by atoms with van der Waals surface area (Å²) in [6, 6.07) is 20.6. The minimum absolute atomic E-state index is 0.217. The van der Waals surface area contributed by atoms with Crippen LogP contribution in [0.4, 0.5) is 0 Å². The molecule has 1 heteroatoms. The summed E-state index contributed by atoms with van der Waals surface area (Å²) in [6.45, 7) is 2.39. The maximum absolute atomic E-state index is 9.62. The molecule has 0 saturated carbocycles. The van der Waals surface area contributed by atoms with Crippen LogP contribution in [-0.2, 0) is 6.42 Å². The fourth-order valence-electron chi connectivity index (χ4n) is 2.32. The Bertz CT molecular complexity index is 516. The van der Waals surface area contributed by atoms with Gasteiger partial charge < -0.3 is 5.11 Å². The molecule has 104 valence electrons. The van der Waals surface area contributed by atoms with Crippen molar-refractivity contribution in [2.75, 3.05) is 6.61 Å². The van der Waals surface area contributed by atoms with Gasteiger partial charge in [0.05, 0.1) is 0 Å². The predicted molar refractivity (Wildman–Crippen MR) is 85.4 cm³/mol. The molecule has 0 bridgehead atoms. The lowest BCUT2D eigenvalue weighted by atomic mass is 9.88. The summed E-state index contributed by atoms with van der Waals surface area (Å²) in [4.78, 5) is 0. The van der Waals surface area contributed by atoms with Crippen molar-refractivity contribution in [2.24, 2.45) is 11.8 Å². The summed E-state index contributed by atoms with van der Waals surface area (Å²) in [5.41, 5.74) is 2.49. The van der Waals surface area contributed by atoms with Crippen LogP contribution in [0, 0.1) is 11.8 Å². The molecule has 0 aliphatic heterocycles. The maximum Gasteiger partial charge on any atom is 0.0467 e. The summed E-state index contributed by atoms with van der Waals surface area (Å²) < 4.78 is 0. The summed E-state index contributed by atoms with van der Waals surface area (Å²) in [5, 5.41) is 9.62. The first-order valence-corrected chi connectivity index (χ1v) is 7.17. The van der Waals surface area contributed by atoms with E-state index in [1.54, 1.807) is 0 Å². The third-order valence-corrected chi connectivity index (χ3v) is 3.71. The number of aliphatic hydroxyl groups is 1. The van der Waals surface area contributed by atoms with E-state index in [0.717, 1.165) is 6.42 Å². The molecule has 1 nitrogen and oxygen atoms in total. The Morgan fingerprint density at radius 2 is 1.55 bits per heavy atom. The van der Waals surface area contributed by atoms with Gasteiger partial charge in [-0.2, -0.15) is 0 Å². The second kappa shape index (κ2) is 7.66. The SMILES string of the molecule is C[C@H](/C=C/c1ccccc1)[C@@H](CO)Cc1ccccc1. The first kappa shape index (κ1) is 14.5. The Balaban J connectivity index is 1.99. The molecule has 0 spiro atoms. The van der Waals surface area contributed by atoms with Gasteiger partial charge in [-0.15, -0.1) is 0 Å². The number of aliphatic hydroxyl groups excluding tert-OH is 1. The highest BCUT2D eigenvalue weighted by atomic mass is 16.3. The van der Waals surface area contributed by atoms with E-state index < -0.39 is 0 Å². The van der Waals surface area contributed by atoms with Crippen molar-refractivity contribution in [3.05, 3.63) is 77.9 Å². The van der Waals surface area contributed by atoms with Crippen molar-refractivity contribution >= 4 is 6.08 Å². The number of rotatable bonds is 6. The first-order valence-electron chi connectivity index (χ1n) is 7.17. The van der Waals surface area contributed by atoms with Crippen LogP contribution in [0.3, 0.4) is 0 Å². The van der Waals surface area contributed by atoms with Crippen molar-refractivity contribution in [3.8, 4) is 0 Å². The summed E-state index contributed by atoms with van der Waals surface area (Å²) in [5.74, 6) is 0.609. The van der Waals surface area contributed by atoms with Crippen molar-refractivity contribution in [1.82, 2.24) is 0 Å². The lowest BCUT2D eigenvalue weighted by molar-refractivity contribution is 0.199. The predicted octanol–water partition coefficient (Wildman–Crippen LogP) is 4.19. The maximum atomic E-state index is 9.62. The van der Waals surface area contributed by atoms with Crippen molar-refractivity contribution in [2.45, 2.75) is 13.3 Å². The van der Waals surface area contributed by atoms with E-state index in [0.29, 0.717) is 5.92 Å². The van der Waals surface area contributed by atoms with Crippen molar-refractivity contribution in [3.63, 3.8) is 0 Å². The number of allylic oxidation sites excluding steroid dienone is 1. The van der Waals surface area contributed by atoms with E-state index >= 15 is 0 Å². The van der Waals surface area contributed by atoms with Gasteiger partial charge in [0.15, 0.2) is 0 Å². The van der Waals surface area contributed by atoms with Crippen LogP contribution in [-0.4, -0.2) is 11.7 Å². The van der Waals surface area contributed by atoms with E-state index in [4.69, 9.17) is 0 Å². The van der Waals surface area contributed by atoms with Gasteiger partial charge in [-0.3, -0.25) is 0 Å². The minimum atomic E-state index is 0.217. The average Bonchev–Trinajstić information content (AvgIpc) is 2.52. The fraction of sp³-hybridized carbons (Fsp3) is 0.263. The summed E-state index contributed by atoms with van der Waals surface area (Å²) in [7, 11) is 0. The summed E-state index contributed by atoms with van der Waals surface area (Å²) >= 11 is 0. The van der Waals surface area contributed by atoms with Gasteiger partial charge in [-0.1, -0.05) is 79.7 Å². The Morgan fingerprint density at radius 1 is 0.950 bits per heavy atom. The summed E-state index contributed by atoms with van der Waals surface area (Å²) in [6.07, 6.45) is 5.25. The molecule has 0 aliphatic carbocycles. The van der Waals surface area contributed by atoms with E-state index in [9.17, 15) is 5.11 Å². The van der Waals surface area contributed by atoms with Gasteiger partial charge in [0.25, 0.3) is 0 Å². The molecule has 0 unspecified atom stereocenters. The van der Waals surface area contributed by atoms with Gasteiger partial charge in [0.2, 0.25) is 0 Å². The topological polar surface area (TPSA) is 20.2 Å². The molecule has 0 aliphatic rings. The molecule has 2 atom stereocenters. The normalized spacial score (nSPS) is 14.3. The lowest BCUT2D eigenvalue weighted by Crippen LogP contribution is -2.17. The molecule has 1 N–H and O–H groups in total. The molecule has 0 saturated heterocycles. The Hall–Kier alpha value is -1.86. The van der Waals surface area contributed by atoms with Gasteiger partial charge in [0, 0.05) is 6.61 Å². The van der Waals surface area contributed by atoms with Crippen LogP contribution in [0.15, 0.2) is 66.7 Å². The standard InChI is InChI=1S/C19H22O/c1-16(12-13-17-8-4-2-5-9-17)19(15-20)14-18-10-6-3-7-11-18/h2-13,16,19-20H,14-15H2,1H3/b13-12+/t16-,19-/m1/s1. The van der Waals surface area contributed by atoms with Crippen LogP contribution in [0.1, 0.15) is 18.1 Å². The molecule has 0 radical (unpaired) electrons. The van der Waals surface area contributed by atoms with Gasteiger partial charge >= 0.3 is 0 Å². The molecule has 0 fully saturated rings. The highest BCUT2D eigenvalue weighted by Gasteiger charge is 2.14. The molecule has 2 aromatic rings. The molecular formula is C19H22O. The zero-order valence-electron chi connectivity index (χ0n) is 11.9. The third kappa shape index (κ3) is 4.36. The second-order valence-electron chi connectivity index (χ2n) is 5.26. The van der Waals surface area contributed by atoms with Crippen LogP contribution in [0.25, 0.3) is 6.08 Å². The van der Waals surface area contributed by atoms with Crippen molar-refractivity contribution in [1.29, 1.82) is 0 Å². The smallest absolute Gasteiger partial charge is 0.0467 e. The monoisotopic (exact) mass is 266 g/mol. The zero-order valence-corrected chi connectivity index (χ0v) is 11.9.